The Bertz CT molecular complexity index is 1030. The van der Waals surface area contributed by atoms with E-state index in [4.69, 9.17) is 14.5 Å². The van der Waals surface area contributed by atoms with Gasteiger partial charge in [0.1, 0.15) is 12.4 Å². The van der Waals surface area contributed by atoms with Gasteiger partial charge in [0, 0.05) is 18.5 Å². The zero-order valence-corrected chi connectivity index (χ0v) is 18.4. The second-order valence-corrected chi connectivity index (χ2v) is 7.51. The molecule has 1 aromatic heterocycles. The summed E-state index contributed by atoms with van der Waals surface area (Å²) < 4.78 is 13.6. The highest BCUT2D eigenvalue weighted by Crippen LogP contribution is 2.26. The predicted octanol–water partition coefficient (Wildman–Crippen LogP) is 4.53. The van der Waals surface area contributed by atoms with Crippen molar-refractivity contribution in [2.75, 3.05) is 20.3 Å². The second-order valence-electron chi connectivity index (χ2n) is 7.51. The van der Waals surface area contributed by atoms with E-state index in [-0.39, 0.29) is 5.91 Å². The first-order valence-corrected chi connectivity index (χ1v) is 10.7. The zero-order valence-electron chi connectivity index (χ0n) is 18.4. The minimum absolute atomic E-state index is 0.0724. The SMILES string of the molecule is C=C(C)C(=O)NCCCCCc1nc2ccccc2n1CCOc1ccccc1OC. The molecule has 3 aromatic rings. The molecule has 0 saturated heterocycles. The average molecular weight is 422 g/mol. The van der Waals surface area contributed by atoms with Gasteiger partial charge in [0.2, 0.25) is 5.91 Å². The molecule has 0 aliphatic carbocycles. The molecule has 3 rings (SSSR count). The van der Waals surface area contributed by atoms with Crippen LogP contribution in [0, 0.1) is 0 Å². The number of rotatable bonds is 12. The summed E-state index contributed by atoms with van der Waals surface area (Å²) in [5.74, 6) is 2.47. The first-order chi connectivity index (χ1) is 15.1. The molecule has 31 heavy (non-hydrogen) atoms. The summed E-state index contributed by atoms with van der Waals surface area (Å²) in [5.41, 5.74) is 2.67. The van der Waals surface area contributed by atoms with Crippen LogP contribution in [0.1, 0.15) is 32.0 Å². The van der Waals surface area contributed by atoms with E-state index >= 15 is 0 Å². The number of aryl methyl sites for hydroxylation is 1. The van der Waals surface area contributed by atoms with Crippen molar-refractivity contribution < 1.29 is 14.3 Å². The molecule has 164 valence electrons. The van der Waals surface area contributed by atoms with E-state index < -0.39 is 0 Å². The number of ether oxygens (including phenoxy) is 2. The summed E-state index contributed by atoms with van der Waals surface area (Å²) in [6.07, 6.45) is 3.87. The van der Waals surface area contributed by atoms with Crippen LogP contribution in [0.3, 0.4) is 0 Å². The Balaban J connectivity index is 1.57. The van der Waals surface area contributed by atoms with Gasteiger partial charge < -0.3 is 19.4 Å². The fraction of sp³-hybridized carbons (Fsp3) is 0.360. The van der Waals surface area contributed by atoms with E-state index in [0.717, 1.165) is 54.0 Å². The summed E-state index contributed by atoms with van der Waals surface area (Å²) in [6, 6.07) is 15.9. The zero-order chi connectivity index (χ0) is 22.1. The lowest BCUT2D eigenvalue weighted by molar-refractivity contribution is -0.117. The van der Waals surface area contributed by atoms with Gasteiger partial charge in [0.15, 0.2) is 11.5 Å². The highest BCUT2D eigenvalue weighted by Gasteiger charge is 2.11. The molecule has 0 aliphatic heterocycles. The van der Waals surface area contributed by atoms with E-state index in [1.165, 1.54) is 0 Å². The van der Waals surface area contributed by atoms with Crippen molar-refractivity contribution in [1.82, 2.24) is 14.9 Å². The van der Waals surface area contributed by atoms with Crippen LogP contribution in [0.15, 0.2) is 60.7 Å². The van der Waals surface area contributed by atoms with E-state index in [1.54, 1.807) is 14.0 Å². The molecule has 0 fully saturated rings. The Morgan fingerprint density at radius 2 is 1.81 bits per heavy atom. The van der Waals surface area contributed by atoms with Gasteiger partial charge in [-0.1, -0.05) is 37.3 Å². The number of unbranched alkanes of at least 4 members (excludes halogenated alkanes) is 2. The number of carbonyl (C=O) groups is 1. The van der Waals surface area contributed by atoms with Gasteiger partial charge in [0.25, 0.3) is 0 Å². The number of nitrogens with zero attached hydrogens (tertiary/aromatic N) is 2. The molecule has 0 saturated carbocycles. The van der Waals surface area contributed by atoms with Crippen molar-refractivity contribution in [2.45, 2.75) is 39.2 Å². The summed E-state index contributed by atoms with van der Waals surface area (Å²) in [5, 5.41) is 2.88. The van der Waals surface area contributed by atoms with E-state index in [9.17, 15) is 4.79 Å². The Morgan fingerprint density at radius 3 is 2.58 bits per heavy atom. The molecule has 0 atom stereocenters. The third-order valence-corrected chi connectivity index (χ3v) is 5.13. The Morgan fingerprint density at radius 1 is 1.06 bits per heavy atom. The van der Waals surface area contributed by atoms with Gasteiger partial charge in [0.05, 0.1) is 24.7 Å². The molecule has 0 aliphatic rings. The van der Waals surface area contributed by atoms with Gasteiger partial charge in [-0.3, -0.25) is 4.79 Å². The van der Waals surface area contributed by atoms with E-state index in [1.807, 2.05) is 42.5 Å². The molecule has 0 bridgehead atoms. The van der Waals surface area contributed by atoms with Gasteiger partial charge in [-0.15, -0.1) is 0 Å². The van der Waals surface area contributed by atoms with Crippen LogP contribution in [0.25, 0.3) is 11.0 Å². The molecule has 2 aromatic carbocycles. The van der Waals surface area contributed by atoms with Gasteiger partial charge in [-0.05, 0) is 44.0 Å². The van der Waals surface area contributed by atoms with E-state index in [2.05, 4.69) is 22.5 Å². The standard InChI is InChI=1S/C25H31N3O3/c1-19(2)25(29)26-16-10-4-5-15-24-27-20-11-6-7-12-21(20)28(24)17-18-31-23-14-9-8-13-22(23)30-3/h6-9,11-14H,1,4-5,10,15-18H2,2-3H3,(H,26,29). The summed E-state index contributed by atoms with van der Waals surface area (Å²) >= 11 is 0. The lowest BCUT2D eigenvalue weighted by atomic mass is 10.2. The molecule has 1 amide bonds. The Hall–Kier alpha value is -3.28. The number of hydrogen-bond donors (Lipinski definition) is 1. The van der Waals surface area contributed by atoms with Crippen molar-refractivity contribution in [2.24, 2.45) is 0 Å². The molecule has 1 N–H and O–H groups in total. The number of carbonyl (C=O) groups excluding carboxylic acids is 1. The minimum Gasteiger partial charge on any atom is -0.493 e. The third kappa shape index (κ3) is 6.10. The Labute approximate surface area is 183 Å². The summed E-state index contributed by atoms with van der Waals surface area (Å²) in [7, 11) is 1.65. The van der Waals surface area contributed by atoms with Crippen LogP contribution in [-0.2, 0) is 17.8 Å². The van der Waals surface area contributed by atoms with Gasteiger partial charge in [-0.25, -0.2) is 4.98 Å². The van der Waals surface area contributed by atoms with Crippen molar-refractivity contribution in [3.63, 3.8) is 0 Å². The van der Waals surface area contributed by atoms with Crippen LogP contribution in [0.5, 0.6) is 11.5 Å². The molecule has 1 heterocycles. The first-order valence-electron chi connectivity index (χ1n) is 10.7. The number of nitrogens with one attached hydrogen (secondary N) is 1. The maximum atomic E-state index is 11.5. The van der Waals surface area contributed by atoms with Crippen LogP contribution >= 0.6 is 0 Å². The maximum Gasteiger partial charge on any atom is 0.246 e. The van der Waals surface area contributed by atoms with Crippen LogP contribution in [0.4, 0.5) is 0 Å². The van der Waals surface area contributed by atoms with Crippen LogP contribution in [0.2, 0.25) is 0 Å². The highest BCUT2D eigenvalue weighted by molar-refractivity contribution is 5.92. The molecular formula is C25H31N3O3. The van der Waals surface area contributed by atoms with Crippen molar-refractivity contribution in [1.29, 1.82) is 0 Å². The average Bonchev–Trinajstić information content (AvgIpc) is 3.13. The molecule has 0 unspecified atom stereocenters. The van der Waals surface area contributed by atoms with Crippen LogP contribution in [-0.4, -0.2) is 35.7 Å². The lowest BCUT2D eigenvalue weighted by Gasteiger charge is -2.13. The summed E-state index contributed by atoms with van der Waals surface area (Å²) in [6.45, 7) is 7.29. The first kappa shape index (κ1) is 22.4. The topological polar surface area (TPSA) is 65.4 Å². The van der Waals surface area contributed by atoms with Crippen molar-refractivity contribution in [3.8, 4) is 11.5 Å². The van der Waals surface area contributed by atoms with Gasteiger partial charge in [-0.2, -0.15) is 0 Å². The second kappa shape index (κ2) is 11.2. The predicted molar refractivity (Wildman–Crippen MR) is 124 cm³/mol. The number of amides is 1. The van der Waals surface area contributed by atoms with Crippen molar-refractivity contribution in [3.05, 3.63) is 66.5 Å². The largest absolute Gasteiger partial charge is 0.493 e. The smallest absolute Gasteiger partial charge is 0.246 e. The molecule has 6 heteroatoms. The normalized spacial score (nSPS) is 10.8. The molecule has 0 spiro atoms. The van der Waals surface area contributed by atoms with E-state index in [0.29, 0.717) is 25.3 Å². The maximum absolute atomic E-state index is 11.5. The molecule has 6 nitrogen and oxygen atoms in total. The molecular weight excluding hydrogens is 390 g/mol. The third-order valence-electron chi connectivity index (χ3n) is 5.13. The van der Waals surface area contributed by atoms with Crippen LogP contribution < -0.4 is 14.8 Å². The number of imidazole rings is 1. The Kier molecular flexibility index (Phi) is 8.10. The number of benzene rings is 2. The highest BCUT2D eigenvalue weighted by atomic mass is 16.5. The molecule has 0 radical (unpaired) electrons. The summed E-state index contributed by atoms with van der Waals surface area (Å²) in [4.78, 5) is 16.4. The minimum atomic E-state index is -0.0724. The van der Waals surface area contributed by atoms with Crippen molar-refractivity contribution >= 4 is 16.9 Å². The number of hydrogen-bond acceptors (Lipinski definition) is 4. The monoisotopic (exact) mass is 421 g/mol. The fourth-order valence-corrected chi connectivity index (χ4v) is 3.49. The quantitative estimate of drug-likeness (QED) is 0.345. The fourth-order valence-electron chi connectivity index (χ4n) is 3.49. The van der Waals surface area contributed by atoms with Gasteiger partial charge >= 0.3 is 0 Å². The number of methoxy groups -OCH3 is 1. The number of para-hydroxylation sites is 4. The number of fused-ring (bicyclic) bond motifs is 1. The number of aromatic nitrogens is 2. The lowest BCUT2D eigenvalue weighted by Crippen LogP contribution is -2.24.